The third-order valence-corrected chi connectivity index (χ3v) is 3.36. The molecule has 0 amide bonds. The molecule has 0 aliphatic heterocycles. The summed E-state index contributed by atoms with van der Waals surface area (Å²) in [4.78, 5) is 0. The van der Waals surface area contributed by atoms with Crippen molar-refractivity contribution in [2.24, 2.45) is 0 Å². The average Bonchev–Trinajstić information content (AvgIpc) is 2.45. The second-order valence-electron chi connectivity index (χ2n) is 4.22. The smallest absolute Gasteiger partial charge is 0.124 e. The van der Waals surface area contributed by atoms with Gasteiger partial charge in [0.05, 0.1) is 0 Å². The first kappa shape index (κ1) is 14.6. The lowest BCUT2D eigenvalue weighted by Gasteiger charge is -2.09. The molecular formula is C16H15BrFNO. The van der Waals surface area contributed by atoms with Crippen molar-refractivity contribution in [1.29, 1.82) is 0 Å². The number of halogens is 2. The van der Waals surface area contributed by atoms with Crippen LogP contribution in [-0.2, 0) is 6.54 Å². The van der Waals surface area contributed by atoms with E-state index in [1.807, 2.05) is 24.3 Å². The Balaban J connectivity index is 1.95. The van der Waals surface area contributed by atoms with Crippen LogP contribution in [0.3, 0.4) is 0 Å². The highest BCUT2D eigenvalue weighted by atomic mass is 79.9. The summed E-state index contributed by atoms with van der Waals surface area (Å²) in [5, 5.41) is 3.25. The molecule has 1 N–H and O–H groups in total. The zero-order valence-electron chi connectivity index (χ0n) is 10.9. The van der Waals surface area contributed by atoms with E-state index in [4.69, 9.17) is 4.74 Å². The molecule has 0 saturated carbocycles. The first-order valence-electron chi connectivity index (χ1n) is 6.20. The molecule has 104 valence electrons. The SMILES string of the molecule is C=CCOc1ccc(CNc2ccc(F)cc2Br)cc1. The minimum atomic E-state index is -0.258. The minimum absolute atomic E-state index is 0.258. The Morgan fingerprint density at radius 1 is 1.20 bits per heavy atom. The minimum Gasteiger partial charge on any atom is -0.490 e. The van der Waals surface area contributed by atoms with E-state index in [2.05, 4.69) is 27.8 Å². The van der Waals surface area contributed by atoms with Gasteiger partial charge in [-0.2, -0.15) is 0 Å². The number of anilines is 1. The number of ether oxygens (including phenoxy) is 1. The third-order valence-electron chi connectivity index (χ3n) is 2.71. The van der Waals surface area contributed by atoms with E-state index < -0.39 is 0 Å². The van der Waals surface area contributed by atoms with Crippen LogP contribution in [0.2, 0.25) is 0 Å². The Morgan fingerprint density at radius 2 is 1.95 bits per heavy atom. The molecule has 2 rings (SSSR count). The van der Waals surface area contributed by atoms with Crippen molar-refractivity contribution in [3.05, 3.63) is 71.0 Å². The monoisotopic (exact) mass is 335 g/mol. The maximum Gasteiger partial charge on any atom is 0.124 e. The highest BCUT2D eigenvalue weighted by Crippen LogP contribution is 2.23. The molecule has 0 radical (unpaired) electrons. The van der Waals surface area contributed by atoms with Crippen LogP contribution in [-0.4, -0.2) is 6.61 Å². The van der Waals surface area contributed by atoms with E-state index in [0.717, 1.165) is 17.0 Å². The van der Waals surface area contributed by atoms with Crippen molar-refractivity contribution in [3.63, 3.8) is 0 Å². The molecule has 0 heterocycles. The van der Waals surface area contributed by atoms with Crippen LogP contribution in [0, 0.1) is 5.82 Å². The zero-order valence-corrected chi connectivity index (χ0v) is 12.5. The van der Waals surface area contributed by atoms with Gasteiger partial charge in [0.1, 0.15) is 18.2 Å². The quantitative estimate of drug-likeness (QED) is 0.768. The van der Waals surface area contributed by atoms with Gasteiger partial charge in [0.2, 0.25) is 0 Å². The van der Waals surface area contributed by atoms with Crippen molar-refractivity contribution < 1.29 is 9.13 Å². The third kappa shape index (κ3) is 4.10. The molecule has 2 nitrogen and oxygen atoms in total. The van der Waals surface area contributed by atoms with Crippen molar-refractivity contribution >= 4 is 21.6 Å². The largest absolute Gasteiger partial charge is 0.490 e. The number of hydrogen-bond acceptors (Lipinski definition) is 2. The van der Waals surface area contributed by atoms with Gasteiger partial charge in [-0.05, 0) is 51.8 Å². The lowest BCUT2D eigenvalue weighted by molar-refractivity contribution is 0.363. The molecule has 0 aromatic heterocycles. The molecular weight excluding hydrogens is 321 g/mol. The summed E-state index contributed by atoms with van der Waals surface area (Å²) >= 11 is 3.33. The molecule has 0 unspecified atom stereocenters. The van der Waals surface area contributed by atoms with Crippen LogP contribution in [0.1, 0.15) is 5.56 Å². The number of benzene rings is 2. The Bertz CT molecular complexity index is 584. The molecule has 4 heteroatoms. The van der Waals surface area contributed by atoms with Crippen molar-refractivity contribution in [3.8, 4) is 5.75 Å². The summed E-state index contributed by atoms with van der Waals surface area (Å²) in [7, 11) is 0. The van der Waals surface area contributed by atoms with Crippen molar-refractivity contribution in [1.82, 2.24) is 0 Å². The van der Waals surface area contributed by atoms with Crippen molar-refractivity contribution in [2.45, 2.75) is 6.54 Å². The van der Waals surface area contributed by atoms with Gasteiger partial charge in [-0.3, -0.25) is 0 Å². The standard InChI is InChI=1S/C16H15BrFNO/c1-2-9-20-14-6-3-12(4-7-14)11-19-16-8-5-13(18)10-15(16)17/h2-8,10,19H,1,9,11H2. The lowest BCUT2D eigenvalue weighted by Crippen LogP contribution is -2.00. The molecule has 0 aliphatic rings. The highest BCUT2D eigenvalue weighted by Gasteiger charge is 2.01. The van der Waals surface area contributed by atoms with Gasteiger partial charge in [0, 0.05) is 16.7 Å². The van der Waals surface area contributed by atoms with Gasteiger partial charge >= 0.3 is 0 Å². The second kappa shape index (κ2) is 7.10. The molecule has 0 atom stereocenters. The summed E-state index contributed by atoms with van der Waals surface area (Å²) in [5.74, 6) is 0.558. The fourth-order valence-electron chi connectivity index (χ4n) is 1.69. The first-order chi connectivity index (χ1) is 9.69. The summed E-state index contributed by atoms with van der Waals surface area (Å²) in [6, 6.07) is 12.4. The second-order valence-corrected chi connectivity index (χ2v) is 5.08. The Labute approximate surface area is 126 Å². The van der Waals surface area contributed by atoms with E-state index in [-0.39, 0.29) is 5.82 Å². The van der Waals surface area contributed by atoms with E-state index >= 15 is 0 Å². The lowest BCUT2D eigenvalue weighted by atomic mass is 10.2. The van der Waals surface area contributed by atoms with Crippen LogP contribution >= 0.6 is 15.9 Å². The van der Waals surface area contributed by atoms with E-state index in [0.29, 0.717) is 17.6 Å². The van der Waals surface area contributed by atoms with Gasteiger partial charge in [0.15, 0.2) is 0 Å². The molecule has 2 aromatic carbocycles. The normalized spacial score (nSPS) is 10.1. The van der Waals surface area contributed by atoms with Gasteiger partial charge < -0.3 is 10.1 Å². The average molecular weight is 336 g/mol. The van der Waals surface area contributed by atoms with Gasteiger partial charge in [-0.25, -0.2) is 4.39 Å². The number of rotatable bonds is 6. The molecule has 0 aliphatic carbocycles. The Kier molecular flexibility index (Phi) is 5.18. The first-order valence-corrected chi connectivity index (χ1v) is 7.00. The van der Waals surface area contributed by atoms with Crippen LogP contribution in [0.25, 0.3) is 0 Å². The predicted octanol–water partition coefficient (Wildman–Crippen LogP) is 4.77. The van der Waals surface area contributed by atoms with Gasteiger partial charge in [-0.1, -0.05) is 24.8 Å². The summed E-state index contributed by atoms with van der Waals surface area (Å²) < 4.78 is 19.1. The van der Waals surface area contributed by atoms with E-state index in [1.165, 1.54) is 12.1 Å². The Morgan fingerprint density at radius 3 is 2.60 bits per heavy atom. The zero-order chi connectivity index (χ0) is 14.4. The molecule has 0 fully saturated rings. The van der Waals surface area contributed by atoms with Crippen LogP contribution in [0.4, 0.5) is 10.1 Å². The van der Waals surface area contributed by atoms with Crippen LogP contribution < -0.4 is 10.1 Å². The summed E-state index contributed by atoms with van der Waals surface area (Å²) in [6.45, 7) is 4.76. The van der Waals surface area contributed by atoms with Crippen LogP contribution in [0.5, 0.6) is 5.75 Å². The highest BCUT2D eigenvalue weighted by molar-refractivity contribution is 9.10. The van der Waals surface area contributed by atoms with E-state index in [1.54, 1.807) is 12.1 Å². The van der Waals surface area contributed by atoms with Crippen molar-refractivity contribution in [2.75, 3.05) is 11.9 Å². The van der Waals surface area contributed by atoms with Gasteiger partial charge in [0.25, 0.3) is 0 Å². The molecule has 0 saturated heterocycles. The number of hydrogen-bond donors (Lipinski definition) is 1. The van der Waals surface area contributed by atoms with Crippen LogP contribution in [0.15, 0.2) is 59.6 Å². The molecule has 20 heavy (non-hydrogen) atoms. The summed E-state index contributed by atoms with van der Waals surface area (Å²) in [6.07, 6.45) is 1.71. The maximum atomic E-state index is 13.0. The topological polar surface area (TPSA) is 21.3 Å². The number of nitrogens with one attached hydrogen (secondary N) is 1. The fourth-order valence-corrected chi connectivity index (χ4v) is 2.18. The Hall–Kier alpha value is -1.81. The predicted molar refractivity (Wildman–Crippen MR) is 83.6 cm³/mol. The molecule has 2 aromatic rings. The molecule has 0 spiro atoms. The molecule has 0 bridgehead atoms. The van der Waals surface area contributed by atoms with E-state index in [9.17, 15) is 4.39 Å². The summed E-state index contributed by atoms with van der Waals surface area (Å²) in [5.41, 5.74) is 1.98. The van der Waals surface area contributed by atoms with Gasteiger partial charge in [-0.15, -0.1) is 0 Å². The fraction of sp³-hybridized carbons (Fsp3) is 0.125. The maximum absolute atomic E-state index is 13.0.